The van der Waals surface area contributed by atoms with Gasteiger partial charge in [-0.25, -0.2) is 0 Å². The molecule has 1 aromatic heterocycles. The Bertz CT molecular complexity index is 1200. The van der Waals surface area contributed by atoms with Crippen LogP contribution in [0.3, 0.4) is 0 Å². The van der Waals surface area contributed by atoms with Gasteiger partial charge in [0.2, 0.25) is 17.7 Å². The second kappa shape index (κ2) is 10.4. The van der Waals surface area contributed by atoms with Crippen molar-refractivity contribution < 1.29 is 14.0 Å². The summed E-state index contributed by atoms with van der Waals surface area (Å²) in [6.45, 7) is 1.88. The van der Waals surface area contributed by atoms with Gasteiger partial charge in [-0.05, 0) is 32.6 Å². The number of hydrogen-bond acceptors (Lipinski definition) is 5. The van der Waals surface area contributed by atoms with Gasteiger partial charge in [0, 0.05) is 30.6 Å². The first-order valence-corrected chi connectivity index (χ1v) is 11.4. The zero-order chi connectivity index (χ0) is 24.1. The van der Waals surface area contributed by atoms with Crippen molar-refractivity contribution in [1.29, 1.82) is 5.26 Å². The summed E-state index contributed by atoms with van der Waals surface area (Å²) in [7, 11) is 3.98. The minimum atomic E-state index is -0.483. The van der Waals surface area contributed by atoms with Crippen LogP contribution in [0, 0.1) is 17.2 Å². The second-order valence-electron chi connectivity index (χ2n) is 8.74. The number of amides is 2. The number of likely N-dealkylation sites (tertiary alicyclic amines) is 1. The van der Waals surface area contributed by atoms with Gasteiger partial charge in [0.05, 0.1) is 5.92 Å². The van der Waals surface area contributed by atoms with Crippen LogP contribution in [-0.4, -0.2) is 55.3 Å². The molecular weight excluding hydrogens is 428 g/mol. The lowest BCUT2D eigenvalue weighted by Crippen LogP contribution is -2.30. The Balaban J connectivity index is 1.59. The highest BCUT2D eigenvalue weighted by Gasteiger charge is 2.35. The number of hydrogen-bond donors (Lipinski definition) is 1. The molecule has 1 unspecified atom stereocenters. The number of carbonyl (C=O) groups is 2. The van der Waals surface area contributed by atoms with E-state index in [2.05, 4.69) is 16.3 Å². The smallest absolute Gasteiger partial charge is 0.232 e. The van der Waals surface area contributed by atoms with Crippen LogP contribution in [0.2, 0.25) is 0 Å². The highest BCUT2D eigenvalue weighted by Crippen LogP contribution is 2.41. The molecule has 3 aromatic rings. The number of carbonyl (C=O) groups excluding carboxylic acids is 2. The van der Waals surface area contributed by atoms with E-state index in [0.29, 0.717) is 24.4 Å². The Hall–Kier alpha value is -3.89. The summed E-state index contributed by atoms with van der Waals surface area (Å²) in [4.78, 5) is 29.3. The van der Waals surface area contributed by atoms with Crippen LogP contribution in [0.4, 0.5) is 5.88 Å². The fourth-order valence-corrected chi connectivity index (χ4v) is 4.25. The van der Waals surface area contributed by atoms with Crippen molar-refractivity contribution in [3.8, 4) is 28.5 Å². The van der Waals surface area contributed by atoms with Gasteiger partial charge in [0.1, 0.15) is 17.4 Å². The summed E-state index contributed by atoms with van der Waals surface area (Å²) in [5, 5.41) is 12.8. The third-order valence-electron chi connectivity index (χ3n) is 5.97. The maximum absolute atomic E-state index is 13.1. The summed E-state index contributed by atoms with van der Waals surface area (Å²) < 4.78 is 6.09. The van der Waals surface area contributed by atoms with E-state index < -0.39 is 5.92 Å². The van der Waals surface area contributed by atoms with Crippen LogP contribution in [0.5, 0.6) is 0 Å². The Morgan fingerprint density at radius 2 is 1.76 bits per heavy atom. The molecule has 1 N–H and O–H groups in total. The van der Waals surface area contributed by atoms with Gasteiger partial charge in [0.15, 0.2) is 0 Å². The summed E-state index contributed by atoms with van der Waals surface area (Å²) in [5.41, 5.74) is 2.54. The number of nitriles is 1. The lowest BCUT2D eigenvalue weighted by Gasteiger charge is -2.17. The Kier molecular flexibility index (Phi) is 7.09. The number of nitrogens with one attached hydrogen (secondary N) is 1. The van der Waals surface area contributed by atoms with E-state index in [1.807, 2.05) is 74.8 Å². The molecule has 7 heteroatoms. The highest BCUT2D eigenvalue weighted by molar-refractivity contribution is 5.99. The standard InChI is InChI=1S/C27H28N4O3/c1-30(2)14-9-15-31-18-21(16-23(31)32)26(33)29-27-22(17-28)24(19-10-5-3-6-11-19)25(34-27)20-12-7-4-8-13-20/h3-8,10-13,21H,9,14-16,18H2,1-2H3,(H,29,33). The van der Waals surface area contributed by atoms with E-state index in [-0.39, 0.29) is 29.7 Å². The molecule has 34 heavy (non-hydrogen) atoms. The molecule has 2 aromatic carbocycles. The van der Waals surface area contributed by atoms with Crippen LogP contribution in [0.25, 0.3) is 22.5 Å². The van der Waals surface area contributed by atoms with Crippen molar-refractivity contribution in [2.75, 3.05) is 39.0 Å². The van der Waals surface area contributed by atoms with Crippen LogP contribution < -0.4 is 5.32 Å². The lowest BCUT2D eigenvalue weighted by atomic mass is 9.98. The van der Waals surface area contributed by atoms with E-state index in [9.17, 15) is 14.9 Å². The SMILES string of the molecule is CN(C)CCCN1CC(C(=O)Nc2oc(-c3ccccc3)c(-c3ccccc3)c2C#N)CC1=O. The first kappa shape index (κ1) is 23.3. The van der Waals surface area contributed by atoms with Crippen LogP contribution in [-0.2, 0) is 9.59 Å². The van der Waals surface area contributed by atoms with Crippen LogP contribution in [0.1, 0.15) is 18.4 Å². The summed E-state index contributed by atoms with van der Waals surface area (Å²) in [6, 6.07) is 21.2. The minimum Gasteiger partial charge on any atom is -0.438 e. The zero-order valence-corrected chi connectivity index (χ0v) is 19.5. The van der Waals surface area contributed by atoms with E-state index in [1.165, 1.54) is 0 Å². The molecule has 174 valence electrons. The van der Waals surface area contributed by atoms with E-state index in [0.717, 1.165) is 24.1 Å². The van der Waals surface area contributed by atoms with E-state index in [1.54, 1.807) is 4.90 Å². The van der Waals surface area contributed by atoms with Gasteiger partial charge in [-0.15, -0.1) is 0 Å². The number of rotatable bonds is 8. The summed E-state index contributed by atoms with van der Waals surface area (Å²) in [5.74, 6) is -0.180. The molecule has 0 saturated carbocycles. The molecule has 4 rings (SSSR count). The molecule has 2 amide bonds. The quantitative estimate of drug-likeness (QED) is 0.548. The molecule has 7 nitrogen and oxygen atoms in total. The number of benzene rings is 2. The fourth-order valence-electron chi connectivity index (χ4n) is 4.25. The normalized spacial score (nSPS) is 15.5. The monoisotopic (exact) mass is 456 g/mol. The Morgan fingerprint density at radius 3 is 2.38 bits per heavy atom. The third-order valence-corrected chi connectivity index (χ3v) is 5.97. The molecular formula is C27H28N4O3. The molecule has 1 aliphatic heterocycles. The van der Waals surface area contributed by atoms with Gasteiger partial charge < -0.3 is 14.2 Å². The average molecular weight is 457 g/mol. The lowest BCUT2D eigenvalue weighted by molar-refractivity contribution is -0.128. The van der Waals surface area contributed by atoms with Crippen LogP contribution in [0.15, 0.2) is 65.1 Å². The molecule has 1 saturated heterocycles. The predicted octanol–water partition coefficient (Wildman–Crippen LogP) is 4.22. The van der Waals surface area contributed by atoms with Gasteiger partial charge in [0.25, 0.3) is 0 Å². The number of nitrogens with zero attached hydrogens (tertiary/aromatic N) is 3. The molecule has 2 heterocycles. The van der Waals surface area contributed by atoms with E-state index >= 15 is 0 Å². The number of anilines is 1. The van der Waals surface area contributed by atoms with Gasteiger partial charge >= 0.3 is 0 Å². The molecule has 0 bridgehead atoms. The minimum absolute atomic E-state index is 0.0196. The molecule has 0 aliphatic carbocycles. The molecule has 1 fully saturated rings. The molecule has 0 spiro atoms. The van der Waals surface area contributed by atoms with Crippen molar-refractivity contribution in [3.63, 3.8) is 0 Å². The summed E-state index contributed by atoms with van der Waals surface area (Å²) in [6.07, 6.45) is 1.01. The summed E-state index contributed by atoms with van der Waals surface area (Å²) >= 11 is 0. The number of furan rings is 1. The average Bonchev–Trinajstić information content (AvgIpc) is 3.40. The Labute approximate surface area is 199 Å². The Morgan fingerprint density at radius 1 is 1.12 bits per heavy atom. The largest absolute Gasteiger partial charge is 0.438 e. The van der Waals surface area contributed by atoms with Crippen LogP contribution >= 0.6 is 0 Å². The van der Waals surface area contributed by atoms with Crippen molar-refractivity contribution in [2.24, 2.45) is 5.92 Å². The highest BCUT2D eigenvalue weighted by atomic mass is 16.4. The first-order valence-electron chi connectivity index (χ1n) is 11.4. The maximum atomic E-state index is 13.1. The third kappa shape index (κ3) is 5.03. The fraction of sp³-hybridized carbons (Fsp3) is 0.296. The maximum Gasteiger partial charge on any atom is 0.232 e. The van der Waals surface area contributed by atoms with E-state index in [4.69, 9.17) is 4.42 Å². The van der Waals surface area contributed by atoms with Crippen molar-refractivity contribution in [3.05, 3.63) is 66.2 Å². The van der Waals surface area contributed by atoms with Crippen molar-refractivity contribution >= 4 is 17.7 Å². The molecule has 1 atom stereocenters. The molecule has 1 aliphatic rings. The van der Waals surface area contributed by atoms with Gasteiger partial charge in [-0.2, -0.15) is 5.26 Å². The van der Waals surface area contributed by atoms with Crippen molar-refractivity contribution in [1.82, 2.24) is 9.80 Å². The van der Waals surface area contributed by atoms with Gasteiger partial charge in [-0.1, -0.05) is 60.7 Å². The predicted molar refractivity (Wildman–Crippen MR) is 131 cm³/mol. The van der Waals surface area contributed by atoms with Gasteiger partial charge in [-0.3, -0.25) is 14.9 Å². The van der Waals surface area contributed by atoms with Crippen molar-refractivity contribution in [2.45, 2.75) is 12.8 Å². The second-order valence-corrected chi connectivity index (χ2v) is 8.74. The molecule has 0 radical (unpaired) electrons. The topological polar surface area (TPSA) is 89.6 Å². The first-order chi connectivity index (χ1) is 16.5. The zero-order valence-electron chi connectivity index (χ0n) is 19.5.